The topological polar surface area (TPSA) is 69.2 Å². The zero-order valence-electron chi connectivity index (χ0n) is 17.8. The number of nitrogen functional groups attached to an aromatic ring is 1. The van der Waals surface area contributed by atoms with Crippen molar-refractivity contribution < 1.29 is 13.5 Å². The van der Waals surface area contributed by atoms with Crippen molar-refractivity contribution in [1.29, 1.82) is 0 Å². The molecule has 1 saturated heterocycles. The van der Waals surface area contributed by atoms with Gasteiger partial charge in [0.25, 0.3) is 0 Å². The maximum atomic E-state index is 12.7. The number of pyridine rings is 1. The predicted octanol–water partition coefficient (Wildman–Crippen LogP) is 4.01. The molecule has 2 saturated carbocycles. The number of aromatic nitrogens is 3. The van der Waals surface area contributed by atoms with Gasteiger partial charge in [-0.2, -0.15) is 13.9 Å². The molecule has 1 aliphatic heterocycles. The summed E-state index contributed by atoms with van der Waals surface area (Å²) in [5.74, 6) is 2.55. The SMILES string of the molecule is CC(C)n1nc(-c2cnc(N)c(OC(F)F)c2)cc1[C@H]1C2C[C@H]3CN(C)C[C@@]3(C)C21. The summed E-state index contributed by atoms with van der Waals surface area (Å²) in [5, 5.41) is 4.82. The van der Waals surface area contributed by atoms with Gasteiger partial charge in [-0.05, 0) is 62.6 Å². The Kier molecular flexibility index (Phi) is 4.36. The van der Waals surface area contributed by atoms with Crippen molar-refractivity contribution >= 4 is 5.82 Å². The Hall–Kier alpha value is -2.22. The van der Waals surface area contributed by atoms with Crippen molar-refractivity contribution in [2.24, 2.45) is 23.2 Å². The molecular weight excluding hydrogens is 388 g/mol. The third-order valence-corrected chi connectivity index (χ3v) is 7.55. The highest BCUT2D eigenvalue weighted by atomic mass is 19.3. The second kappa shape index (κ2) is 6.64. The van der Waals surface area contributed by atoms with Crippen molar-refractivity contribution in [1.82, 2.24) is 19.7 Å². The summed E-state index contributed by atoms with van der Waals surface area (Å²) in [7, 11) is 2.22. The molecule has 6 nitrogen and oxygen atoms in total. The zero-order valence-corrected chi connectivity index (χ0v) is 17.8. The van der Waals surface area contributed by atoms with Crippen LogP contribution in [0.25, 0.3) is 11.3 Å². The fourth-order valence-corrected chi connectivity index (χ4v) is 6.38. The number of halogens is 2. The Morgan fingerprint density at radius 1 is 1.30 bits per heavy atom. The number of likely N-dealkylation sites (tertiary alicyclic amines) is 1. The second-order valence-electron chi connectivity index (χ2n) is 9.83. The molecule has 0 aromatic carbocycles. The van der Waals surface area contributed by atoms with E-state index < -0.39 is 6.61 Å². The van der Waals surface area contributed by atoms with Crippen molar-refractivity contribution in [3.63, 3.8) is 0 Å². The molecule has 3 aliphatic rings. The number of alkyl halides is 2. The lowest BCUT2D eigenvalue weighted by atomic mass is 9.77. The molecule has 30 heavy (non-hydrogen) atoms. The molecule has 3 fully saturated rings. The van der Waals surface area contributed by atoms with Gasteiger partial charge >= 0.3 is 6.61 Å². The van der Waals surface area contributed by atoms with E-state index in [2.05, 4.69) is 53.2 Å². The molecule has 0 radical (unpaired) electrons. The number of hydrogen-bond acceptors (Lipinski definition) is 5. The first kappa shape index (κ1) is 19.7. The Balaban J connectivity index is 1.48. The summed E-state index contributed by atoms with van der Waals surface area (Å²) in [5.41, 5.74) is 8.67. The third kappa shape index (κ3) is 2.91. The minimum atomic E-state index is -2.95. The maximum Gasteiger partial charge on any atom is 0.387 e. The third-order valence-electron chi connectivity index (χ3n) is 7.55. The van der Waals surface area contributed by atoms with Crippen LogP contribution in [0.3, 0.4) is 0 Å². The van der Waals surface area contributed by atoms with E-state index in [9.17, 15) is 8.78 Å². The summed E-state index contributed by atoms with van der Waals surface area (Å²) in [6, 6.07) is 3.82. The van der Waals surface area contributed by atoms with E-state index in [-0.39, 0.29) is 17.6 Å². The van der Waals surface area contributed by atoms with Crippen LogP contribution >= 0.6 is 0 Å². The van der Waals surface area contributed by atoms with Crippen molar-refractivity contribution in [2.75, 3.05) is 25.9 Å². The quantitative estimate of drug-likeness (QED) is 0.796. The van der Waals surface area contributed by atoms with Gasteiger partial charge in [0.05, 0.1) is 5.69 Å². The van der Waals surface area contributed by atoms with Gasteiger partial charge < -0.3 is 15.4 Å². The number of fused-ring (bicyclic) bond motifs is 3. The Bertz CT molecular complexity index is 976. The highest BCUT2D eigenvalue weighted by Crippen LogP contribution is 2.74. The molecule has 5 atom stereocenters. The van der Waals surface area contributed by atoms with E-state index in [0.717, 1.165) is 24.1 Å². The standard InChI is InChI=1S/C22H29F2N5O/c1-11(2)29-16(18-14-6-13-9-28(4)10-22(13,3)19(14)18)7-15(27-29)12-5-17(30-21(23)24)20(25)26-8-12/h5,7-8,11,13-14,18-19,21H,6,9-10H2,1-4H3,(H2,25,26)/t13-,14?,18+,19?,22+/m0/s1. The van der Waals surface area contributed by atoms with Crippen LogP contribution in [0.5, 0.6) is 5.75 Å². The fourth-order valence-electron chi connectivity index (χ4n) is 6.38. The molecule has 5 rings (SSSR count). The molecule has 3 heterocycles. The molecule has 162 valence electrons. The number of hydrogen-bond donors (Lipinski definition) is 1. The van der Waals surface area contributed by atoms with Gasteiger partial charge in [-0.1, -0.05) is 6.92 Å². The molecule has 2 N–H and O–H groups in total. The van der Waals surface area contributed by atoms with Gasteiger partial charge in [0.1, 0.15) is 0 Å². The van der Waals surface area contributed by atoms with Gasteiger partial charge in [0, 0.05) is 42.5 Å². The summed E-state index contributed by atoms with van der Waals surface area (Å²) in [6.45, 7) is 6.12. The van der Waals surface area contributed by atoms with Crippen LogP contribution in [0, 0.1) is 23.2 Å². The molecule has 2 aromatic heterocycles. The number of rotatable bonds is 5. The molecule has 2 aromatic rings. The van der Waals surface area contributed by atoms with Gasteiger partial charge in [-0.15, -0.1) is 0 Å². The monoisotopic (exact) mass is 417 g/mol. The first-order valence-electron chi connectivity index (χ1n) is 10.7. The molecule has 0 bridgehead atoms. The van der Waals surface area contributed by atoms with E-state index in [0.29, 0.717) is 22.8 Å². The minimum absolute atomic E-state index is 0.0522. The van der Waals surface area contributed by atoms with Crippen LogP contribution in [0.2, 0.25) is 0 Å². The number of nitrogens with zero attached hydrogens (tertiary/aromatic N) is 4. The summed E-state index contributed by atoms with van der Waals surface area (Å²) in [6.07, 6.45) is 2.85. The molecule has 0 spiro atoms. The maximum absolute atomic E-state index is 12.7. The molecule has 2 aliphatic carbocycles. The van der Waals surface area contributed by atoms with Gasteiger partial charge in [0.15, 0.2) is 11.6 Å². The van der Waals surface area contributed by atoms with Crippen LogP contribution in [0.15, 0.2) is 18.3 Å². The second-order valence-corrected chi connectivity index (χ2v) is 9.83. The average Bonchev–Trinajstić information content (AvgIpc) is 2.92. The fraction of sp³-hybridized carbons (Fsp3) is 0.636. The van der Waals surface area contributed by atoms with E-state index >= 15 is 0 Å². The normalized spacial score (nSPS) is 32.7. The summed E-state index contributed by atoms with van der Waals surface area (Å²) >= 11 is 0. The lowest BCUT2D eigenvalue weighted by Crippen LogP contribution is -2.27. The van der Waals surface area contributed by atoms with Crippen LogP contribution in [0.1, 0.15) is 44.8 Å². The van der Waals surface area contributed by atoms with Gasteiger partial charge in [0.2, 0.25) is 0 Å². The van der Waals surface area contributed by atoms with Crippen molar-refractivity contribution in [3.8, 4) is 17.0 Å². The van der Waals surface area contributed by atoms with Crippen molar-refractivity contribution in [2.45, 2.75) is 45.8 Å². The first-order valence-corrected chi connectivity index (χ1v) is 10.7. The first-order chi connectivity index (χ1) is 14.2. The smallest absolute Gasteiger partial charge is 0.387 e. The molecular formula is C22H29F2N5O. The zero-order chi connectivity index (χ0) is 21.4. The molecule has 0 amide bonds. The summed E-state index contributed by atoms with van der Waals surface area (Å²) in [4.78, 5) is 6.50. The number of anilines is 1. The largest absolute Gasteiger partial charge is 0.431 e. The summed E-state index contributed by atoms with van der Waals surface area (Å²) < 4.78 is 32.0. The van der Waals surface area contributed by atoms with Crippen LogP contribution in [-0.4, -0.2) is 46.4 Å². The van der Waals surface area contributed by atoms with Gasteiger partial charge in [-0.25, -0.2) is 4.98 Å². The van der Waals surface area contributed by atoms with E-state index in [1.165, 1.54) is 24.7 Å². The lowest BCUT2D eigenvalue weighted by molar-refractivity contribution is -0.0494. The number of nitrogens with two attached hydrogens (primary N) is 1. The van der Waals surface area contributed by atoms with E-state index in [4.69, 9.17) is 10.8 Å². The van der Waals surface area contributed by atoms with Crippen molar-refractivity contribution in [3.05, 3.63) is 24.0 Å². The van der Waals surface area contributed by atoms with E-state index in [1.807, 2.05) is 0 Å². The average molecular weight is 418 g/mol. The Morgan fingerprint density at radius 3 is 2.77 bits per heavy atom. The number of ether oxygens (including phenoxy) is 1. The minimum Gasteiger partial charge on any atom is -0.431 e. The van der Waals surface area contributed by atoms with Crippen LogP contribution in [-0.2, 0) is 0 Å². The Labute approximate surface area is 175 Å². The van der Waals surface area contributed by atoms with Gasteiger partial charge in [-0.3, -0.25) is 4.68 Å². The predicted molar refractivity (Wildman–Crippen MR) is 110 cm³/mol. The van der Waals surface area contributed by atoms with Crippen LogP contribution < -0.4 is 10.5 Å². The lowest BCUT2D eigenvalue weighted by Gasteiger charge is -2.28. The molecule has 2 unspecified atom stereocenters. The van der Waals surface area contributed by atoms with Crippen LogP contribution in [0.4, 0.5) is 14.6 Å². The highest BCUT2D eigenvalue weighted by molar-refractivity contribution is 5.64. The molecule has 8 heteroatoms. The van der Waals surface area contributed by atoms with E-state index in [1.54, 1.807) is 6.20 Å². The highest BCUT2D eigenvalue weighted by Gasteiger charge is 2.69. The Morgan fingerprint density at radius 2 is 2.07 bits per heavy atom.